The molecule has 136 valence electrons. The average molecular weight is 374 g/mol. The third-order valence-corrected chi connectivity index (χ3v) is 4.96. The second kappa shape index (κ2) is 8.29. The summed E-state index contributed by atoms with van der Waals surface area (Å²) >= 11 is 6.05. The number of hydrogen-bond acceptors (Lipinski definition) is 4. The molecule has 0 unspecified atom stereocenters. The minimum absolute atomic E-state index is 0.0950. The van der Waals surface area contributed by atoms with Crippen LogP contribution in [-0.4, -0.2) is 28.8 Å². The van der Waals surface area contributed by atoms with E-state index in [9.17, 15) is 14.9 Å². The van der Waals surface area contributed by atoms with Gasteiger partial charge in [-0.05, 0) is 37.6 Å². The van der Waals surface area contributed by atoms with E-state index in [1.54, 1.807) is 0 Å². The summed E-state index contributed by atoms with van der Waals surface area (Å²) in [7, 11) is 0. The lowest BCUT2D eigenvalue weighted by Crippen LogP contribution is -2.37. The number of nitrogens with one attached hydrogen (secondary N) is 1. The molecule has 6 nitrogen and oxygen atoms in total. The Morgan fingerprint density at radius 3 is 2.54 bits per heavy atom. The summed E-state index contributed by atoms with van der Waals surface area (Å²) in [6.07, 6.45) is 1.51. The fraction of sp³-hybridized carbons (Fsp3) is 0.316. The molecule has 3 rings (SSSR count). The number of nitro groups is 1. The molecule has 0 aromatic heterocycles. The van der Waals surface area contributed by atoms with Crippen LogP contribution < -0.4 is 5.32 Å². The first-order valence-electron chi connectivity index (χ1n) is 8.54. The van der Waals surface area contributed by atoms with E-state index in [1.807, 2.05) is 18.2 Å². The number of halogens is 1. The van der Waals surface area contributed by atoms with Gasteiger partial charge < -0.3 is 5.32 Å². The minimum Gasteiger partial charge on any atom is -0.324 e. The predicted octanol–water partition coefficient (Wildman–Crippen LogP) is 4.10. The highest BCUT2D eigenvalue weighted by Crippen LogP contribution is 2.28. The molecule has 0 radical (unpaired) electrons. The Kier molecular flexibility index (Phi) is 5.85. The van der Waals surface area contributed by atoms with Gasteiger partial charge in [0.15, 0.2) is 0 Å². The number of anilines is 1. The van der Waals surface area contributed by atoms with Crippen molar-refractivity contribution in [1.82, 2.24) is 4.90 Å². The first kappa shape index (κ1) is 18.4. The van der Waals surface area contributed by atoms with Crippen LogP contribution >= 0.6 is 11.6 Å². The van der Waals surface area contributed by atoms with Gasteiger partial charge in [-0.25, -0.2) is 0 Å². The normalized spacial score (nSPS) is 15.6. The largest absolute Gasteiger partial charge is 0.324 e. The Labute approximate surface area is 156 Å². The molecule has 1 aliphatic heterocycles. The van der Waals surface area contributed by atoms with Crippen LogP contribution in [0.4, 0.5) is 11.4 Å². The maximum atomic E-state index is 12.5. The maximum absolute atomic E-state index is 12.5. The Morgan fingerprint density at radius 1 is 1.19 bits per heavy atom. The van der Waals surface area contributed by atoms with Gasteiger partial charge in [0.2, 0.25) is 5.91 Å². The zero-order valence-corrected chi connectivity index (χ0v) is 15.0. The van der Waals surface area contributed by atoms with Crippen molar-refractivity contribution in [3.8, 4) is 0 Å². The lowest BCUT2D eigenvalue weighted by molar-refractivity contribution is -0.384. The Hall–Kier alpha value is -2.44. The van der Waals surface area contributed by atoms with E-state index in [0.717, 1.165) is 32.5 Å². The minimum atomic E-state index is -0.506. The molecule has 2 aromatic rings. The van der Waals surface area contributed by atoms with Crippen molar-refractivity contribution in [3.63, 3.8) is 0 Å². The monoisotopic (exact) mass is 373 g/mol. The van der Waals surface area contributed by atoms with Crippen molar-refractivity contribution in [3.05, 3.63) is 69.2 Å². The van der Waals surface area contributed by atoms with Gasteiger partial charge in [0.25, 0.3) is 5.69 Å². The molecule has 2 aromatic carbocycles. The highest BCUT2D eigenvalue weighted by atomic mass is 35.5. The van der Waals surface area contributed by atoms with Gasteiger partial charge in [0.1, 0.15) is 0 Å². The fourth-order valence-corrected chi connectivity index (χ4v) is 3.32. The Bertz CT molecular complexity index is 790. The molecule has 0 bridgehead atoms. The summed E-state index contributed by atoms with van der Waals surface area (Å²) < 4.78 is 0. The van der Waals surface area contributed by atoms with Crippen LogP contribution in [0, 0.1) is 16.0 Å². The number of carbonyl (C=O) groups excluding carboxylic acids is 1. The summed E-state index contributed by atoms with van der Waals surface area (Å²) in [4.78, 5) is 25.2. The van der Waals surface area contributed by atoms with Crippen molar-refractivity contribution in [2.45, 2.75) is 19.4 Å². The molecular formula is C19H20ClN3O3. The number of nitro benzene ring substituents is 1. The zero-order chi connectivity index (χ0) is 18.5. The van der Waals surface area contributed by atoms with E-state index in [2.05, 4.69) is 22.3 Å². The molecule has 1 amide bonds. The molecule has 0 atom stereocenters. The van der Waals surface area contributed by atoms with Gasteiger partial charge in [-0.3, -0.25) is 19.8 Å². The van der Waals surface area contributed by atoms with Gasteiger partial charge in [-0.15, -0.1) is 0 Å². The van der Waals surface area contributed by atoms with Gasteiger partial charge >= 0.3 is 0 Å². The molecule has 1 heterocycles. The quantitative estimate of drug-likeness (QED) is 0.632. The predicted molar refractivity (Wildman–Crippen MR) is 101 cm³/mol. The van der Waals surface area contributed by atoms with E-state index >= 15 is 0 Å². The molecule has 0 saturated carbocycles. The van der Waals surface area contributed by atoms with Crippen LogP contribution in [0.1, 0.15) is 18.4 Å². The van der Waals surface area contributed by atoms with Crippen LogP contribution in [0.5, 0.6) is 0 Å². The number of nitrogens with zero attached hydrogens (tertiary/aromatic N) is 2. The Morgan fingerprint density at radius 2 is 1.88 bits per heavy atom. The molecule has 1 fully saturated rings. The highest BCUT2D eigenvalue weighted by molar-refractivity contribution is 6.33. The first-order valence-corrected chi connectivity index (χ1v) is 8.92. The smallest absolute Gasteiger partial charge is 0.271 e. The topological polar surface area (TPSA) is 75.5 Å². The molecule has 0 spiro atoms. The SMILES string of the molecule is O=C(Nc1cc([N+](=O)[O-])ccc1Cl)C1CCN(Cc2ccccc2)CC1. The standard InChI is InChI=1S/C19H20ClN3O3/c20-17-7-6-16(23(25)26)12-18(17)21-19(24)15-8-10-22(11-9-15)13-14-4-2-1-3-5-14/h1-7,12,15H,8-11,13H2,(H,21,24). The molecule has 26 heavy (non-hydrogen) atoms. The second-order valence-corrected chi connectivity index (χ2v) is 6.85. The van der Waals surface area contributed by atoms with E-state index in [4.69, 9.17) is 11.6 Å². The number of benzene rings is 2. The summed E-state index contributed by atoms with van der Waals surface area (Å²) in [6, 6.07) is 14.3. The van der Waals surface area contributed by atoms with E-state index in [-0.39, 0.29) is 23.2 Å². The second-order valence-electron chi connectivity index (χ2n) is 6.45. The van der Waals surface area contributed by atoms with Crippen molar-refractivity contribution in [2.24, 2.45) is 5.92 Å². The van der Waals surface area contributed by atoms with E-state index < -0.39 is 4.92 Å². The molecule has 1 N–H and O–H groups in total. The summed E-state index contributed by atoms with van der Waals surface area (Å²) in [5.74, 6) is -0.246. The van der Waals surface area contributed by atoms with Gasteiger partial charge in [0.05, 0.1) is 15.6 Å². The van der Waals surface area contributed by atoms with Crippen molar-refractivity contribution >= 4 is 28.9 Å². The molecule has 7 heteroatoms. The lowest BCUT2D eigenvalue weighted by atomic mass is 9.95. The highest BCUT2D eigenvalue weighted by Gasteiger charge is 2.25. The van der Waals surface area contributed by atoms with Crippen LogP contribution in [0.3, 0.4) is 0 Å². The van der Waals surface area contributed by atoms with Crippen LogP contribution in [0.25, 0.3) is 0 Å². The molecule has 1 saturated heterocycles. The molecular weight excluding hydrogens is 354 g/mol. The zero-order valence-electron chi connectivity index (χ0n) is 14.2. The average Bonchev–Trinajstić information content (AvgIpc) is 2.64. The van der Waals surface area contributed by atoms with Gasteiger partial charge in [-0.1, -0.05) is 41.9 Å². The lowest BCUT2D eigenvalue weighted by Gasteiger charge is -2.31. The van der Waals surface area contributed by atoms with E-state index in [0.29, 0.717) is 5.02 Å². The van der Waals surface area contributed by atoms with Crippen LogP contribution in [0.15, 0.2) is 48.5 Å². The van der Waals surface area contributed by atoms with Gasteiger partial charge in [-0.2, -0.15) is 0 Å². The third kappa shape index (κ3) is 4.59. The van der Waals surface area contributed by atoms with Crippen molar-refractivity contribution < 1.29 is 9.72 Å². The summed E-state index contributed by atoms with van der Waals surface area (Å²) in [6.45, 7) is 2.57. The molecule has 1 aliphatic rings. The number of rotatable bonds is 5. The van der Waals surface area contributed by atoms with Crippen LogP contribution in [-0.2, 0) is 11.3 Å². The van der Waals surface area contributed by atoms with Crippen molar-refractivity contribution in [2.75, 3.05) is 18.4 Å². The summed E-state index contributed by atoms with van der Waals surface area (Å²) in [5, 5.41) is 13.9. The number of piperidine rings is 1. The first-order chi connectivity index (χ1) is 12.5. The molecule has 0 aliphatic carbocycles. The summed E-state index contributed by atoms with van der Waals surface area (Å²) in [5.41, 5.74) is 1.46. The number of likely N-dealkylation sites (tertiary alicyclic amines) is 1. The fourth-order valence-electron chi connectivity index (χ4n) is 3.15. The number of carbonyl (C=O) groups is 1. The van der Waals surface area contributed by atoms with Crippen molar-refractivity contribution in [1.29, 1.82) is 0 Å². The Balaban J connectivity index is 1.55. The van der Waals surface area contributed by atoms with E-state index in [1.165, 1.54) is 23.8 Å². The third-order valence-electron chi connectivity index (χ3n) is 4.63. The van der Waals surface area contributed by atoms with Crippen LogP contribution in [0.2, 0.25) is 5.02 Å². The maximum Gasteiger partial charge on any atom is 0.271 e. The number of non-ortho nitro benzene ring substituents is 1. The van der Waals surface area contributed by atoms with Gasteiger partial charge in [0, 0.05) is 24.6 Å². The number of hydrogen-bond donors (Lipinski definition) is 1. The number of amides is 1.